The minimum atomic E-state index is 0.0793. The highest BCUT2D eigenvalue weighted by molar-refractivity contribution is 8.00. The average Bonchev–Trinajstić information content (AvgIpc) is 3.18. The number of carbonyl (C=O) groups is 1. The number of nitrogens with zero attached hydrogens (tertiary/aromatic N) is 3. The zero-order valence-electron chi connectivity index (χ0n) is 15.9. The minimum Gasteiger partial charge on any atom is -0.497 e. The van der Waals surface area contributed by atoms with Gasteiger partial charge in [0.25, 0.3) is 0 Å². The molecular formula is C21H24N4O2S. The largest absolute Gasteiger partial charge is 0.497 e. The number of methoxy groups -OCH3 is 1. The van der Waals surface area contributed by atoms with Crippen LogP contribution in [0.4, 0.5) is 0 Å². The minimum absolute atomic E-state index is 0.0793. The van der Waals surface area contributed by atoms with E-state index >= 15 is 0 Å². The van der Waals surface area contributed by atoms with Crippen molar-refractivity contribution in [1.82, 2.24) is 19.9 Å². The molecule has 3 aromatic rings. The summed E-state index contributed by atoms with van der Waals surface area (Å²) in [5.74, 6) is 1.26. The van der Waals surface area contributed by atoms with Crippen molar-refractivity contribution in [3.05, 3.63) is 42.7 Å². The Balaban J connectivity index is 1.46. The van der Waals surface area contributed by atoms with E-state index in [-0.39, 0.29) is 5.91 Å². The monoisotopic (exact) mass is 396 g/mol. The molecule has 7 heteroatoms. The van der Waals surface area contributed by atoms with E-state index in [0.29, 0.717) is 11.8 Å². The van der Waals surface area contributed by atoms with Gasteiger partial charge < -0.3 is 10.1 Å². The van der Waals surface area contributed by atoms with E-state index in [4.69, 9.17) is 4.74 Å². The van der Waals surface area contributed by atoms with Crippen molar-refractivity contribution in [2.24, 2.45) is 0 Å². The Bertz CT molecular complexity index is 949. The normalized spacial score (nSPS) is 14.9. The molecule has 2 aromatic heterocycles. The fourth-order valence-electron chi connectivity index (χ4n) is 3.56. The first-order chi connectivity index (χ1) is 13.7. The van der Waals surface area contributed by atoms with Crippen LogP contribution in [0.5, 0.6) is 5.75 Å². The van der Waals surface area contributed by atoms with Gasteiger partial charge in [-0.2, -0.15) is 5.10 Å². The topological polar surface area (TPSA) is 68.5 Å². The maximum absolute atomic E-state index is 12.3. The second-order valence-corrected chi connectivity index (χ2v) is 7.98. The van der Waals surface area contributed by atoms with Crippen molar-refractivity contribution >= 4 is 23.2 Å². The Kier molecular flexibility index (Phi) is 5.81. The maximum Gasteiger partial charge on any atom is 0.230 e. The summed E-state index contributed by atoms with van der Waals surface area (Å²) in [5, 5.41) is 8.61. The van der Waals surface area contributed by atoms with E-state index < -0.39 is 0 Å². The van der Waals surface area contributed by atoms with E-state index in [2.05, 4.69) is 15.4 Å². The summed E-state index contributed by atoms with van der Waals surface area (Å²) < 4.78 is 7.03. The van der Waals surface area contributed by atoms with Gasteiger partial charge in [-0.25, -0.2) is 9.50 Å². The smallest absolute Gasteiger partial charge is 0.230 e. The van der Waals surface area contributed by atoms with Crippen molar-refractivity contribution in [3.63, 3.8) is 0 Å². The highest BCUT2D eigenvalue weighted by Crippen LogP contribution is 2.27. The van der Waals surface area contributed by atoms with E-state index in [9.17, 15) is 4.79 Å². The molecule has 2 heterocycles. The molecule has 1 fully saturated rings. The molecule has 0 aliphatic heterocycles. The molecule has 0 unspecified atom stereocenters. The molecule has 1 saturated carbocycles. The molecule has 0 radical (unpaired) electrons. The van der Waals surface area contributed by atoms with E-state index in [0.717, 1.165) is 40.4 Å². The fourth-order valence-corrected chi connectivity index (χ4v) is 4.35. The number of aromatic nitrogens is 3. The number of rotatable bonds is 6. The second-order valence-electron chi connectivity index (χ2n) is 7.01. The molecule has 6 nitrogen and oxygen atoms in total. The summed E-state index contributed by atoms with van der Waals surface area (Å²) in [7, 11) is 1.65. The summed E-state index contributed by atoms with van der Waals surface area (Å²) in [6.07, 6.45) is 9.44. The van der Waals surface area contributed by atoms with Gasteiger partial charge in [-0.05, 0) is 43.2 Å². The van der Waals surface area contributed by atoms with Crippen molar-refractivity contribution in [3.8, 4) is 17.0 Å². The Morgan fingerprint density at radius 3 is 2.79 bits per heavy atom. The molecule has 1 N–H and O–H groups in total. The van der Waals surface area contributed by atoms with Crippen molar-refractivity contribution in [2.45, 2.75) is 43.2 Å². The van der Waals surface area contributed by atoms with Gasteiger partial charge in [0.15, 0.2) is 0 Å². The van der Waals surface area contributed by atoms with E-state index in [1.807, 2.05) is 41.0 Å². The number of fused-ring (bicyclic) bond motifs is 1. The number of hydrogen-bond donors (Lipinski definition) is 1. The van der Waals surface area contributed by atoms with Gasteiger partial charge in [-0.3, -0.25) is 4.79 Å². The fraction of sp³-hybridized carbons (Fsp3) is 0.381. The summed E-state index contributed by atoms with van der Waals surface area (Å²) in [6.45, 7) is 0. The van der Waals surface area contributed by atoms with Crippen LogP contribution >= 0.6 is 11.8 Å². The average molecular weight is 397 g/mol. The maximum atomic E-state index is 12.3. The molecule has 146 valence electrons. The molecular weight excluding hydrogens is 372 g/mol. The lowest BCUT2D eigenvalue weighted by Gasteiger charge is -2.22. The molecule has 0 saturated heterocycles. The number of carbonyl (C=O) groups excluding carboxylic acids is 1. The Morgan fingerprint density at radius 1 is 1.25 bits per heavy atom. The first kappa shape index (κ1) is 18.8. The van der Waals surface area contributed by atoms with Gasteiger partial charge in [0.05, 0.1) is 24.1 Å². The van der Waals surface area contributed by atoms with E-state index in [1.54, 1.807) is 13.3 Å². The van der Waals surface area contributed by atoms with Crippen LogP contribution < -0.4 is 10.1 Å². The third kappa shape index (κ3) is 4.30. The lowest BCUT2D eigenvalue weighted by molar-refractivity contribution is -0.119. The van der Waals surface area contributed by atoms with Crippen molar-refractivity contribution in [1.29, 1.82) is 0 Å². The van der Waals surface area contributed by atoms with Gasteiger partial charge in [0, 0.05) is 24.0 Å². The van der Waals surface area contributed by atoms with Crippen molar-refractivity contribution < 1.29 is 9.53 Å². The summed E-state index contributed by atoms with van der Waals surface area (Å²) in [6, 6.07) is 10.2. The van der Waals surface area contributed by atoms with E-state index in [1.165, 1.54) is 31.0 Å². The van der Waals surface area contributed by atoms with Crippen LogP contribution in [-0.2, 0) is 4.79 Å². The molecule has 0 bridgehead atoms. The molecule has 1 aliphatic carbocycles. The number of amides is 1. The molecule has 1 aliphatic rings. The predicted octanol–water partition coefficient (Wildman–Crippen LogP) is 3.95. The van der Waals surface area contributed by atoms with Gasteiger partial charge in [-0.15, -0.1) is 0 Å². The third-order valence-corrected chi connectivity index (χ3v) is 6.05. The van der Waals surface area contributed by atoms with Crippen LogP contribution in [0.25, 0.3) is 16.8 Å². The number of hydrogen-bond acceptors (Lipinski definition) is 5. The first-order valence-electron chi connectivity index (χ1n) is 9.64. The zero-order valence-corrected chi connectivity index (χ0v) is 16.7. The van der Waals surface area contributed by atoms with Gasteiger partial charge in [-0.1, -0.05) is 31.0 Å². The molecule has 1 aromatic carbocycles. The Morgan fingerprint density at radius 2 is 2.04 bits per heavy atom. The molecule has 0 atom stereocenters. The number of nitrogens with one attached hydrogen (secondary N) is 1. The van der Waals surface area contributed by atoms with Crippen LogP contribution in [0, 0.1) is 0 Å². The van der Waals surface area contributed by atoms with Crippen LogP contribution in [0.2, 0.25) is 0 Å². The predicted molar refractivity (Wildman–Crippen MR) is 111 cm³/mol. The second kappa shape index (κ2) is 8.65. The number of benzene rings is 1. The lowest BCUT2D eigenvalue weighted by Crippen LogP contribution is -2.37. The molecule has 28 heavy (non-hydrogen) atoms. The van der Waals surface area contributed by atoms with Crippen molar-refractivity contribution in [2.75, 3.05) is 12.9 Å². The summed E-state index contributed by atoms with van der Waals surface area (Å²) in [5.41, 5.74) is 2.78. The molecule has 4 rings (SSSR count). The standard InChI is InChI=1S/C21H24N4O2S/c1-27-17-9-7-15(8-10-17)18-13-19-21(22-11-12-25(19)24-18)28-14-20(26)23-16-5-3-2-4-6-16/h7-13,16H,2-6,14H2,1H3,(H,23,26). The van der Waals surface area contributed by atoms with Crippen LogP contribution in [0.3, 0.4) is 0 Å². The van der Waals surface area contributed by atoms with Gasteiger partial charge >= 0.3 is 0 Å². The summed E-state index contributed by atoms with van der Waals surface area (Å²) >= 11 is 1.46. The van der Waals surface area contributed by atoms with Crippen LogP contribution in [0.1, 0.15) is 32.1 Å². The van der Waals surface area contributed by atoms with Gasteiger partial charge in [0.2, 0.25) is 5.91 Å². The Hall–Kier alpha value is -2.54. The highest BCUT2D eigenvalue weighted by Gasteiger charge is 2.17. The quantitative estimate of drug-likeness (QED) is 0.639. The number of thioether (sulfide) groups is 1. The van der Waals surface area contributed by atoms with Gasteiger partial charge in [0.1, 0.15) is 10.8 Å². The van der Waals surface area contributed by atoms with Crippen LogP contribution in [-0.4, -0.2) is 39.4 Å². The lowest BCUT2D eigenvalue weighted by atomic mass is 9.95. The Labute approximate surface area is 168 Å². The number of ether oxygens (including phenoxy) is 1. The molecule has 1 amide bonds. The zero-order chi connectivity index (χ0) is 19.3. The SMILES string of the molecule is COc1ccc(-c2cc3c(SCC(=O)NC4CCCCC4)nccn3n2)cc1. The third-order valence-electron chi connectivity index (χ3n) is 5.05. The van der Waals surface area contributed by atoms with Crippen LogP contribution in [0.15, 0.2) is 47.8 Å². The summed E-state index contributed by atoms with van der Waals surface area (Å²) in [4.78, 5) is 16.8. The first-order valence-corrected chi connectivity index (χ1v) is 10.6. The highest BCUT2D eigenvalue weighted by atomic mass is 32.2. The molecule has 0 spiro atoms.